The molecule has 0 atom stereocenters. The van der Waals surface area contributed by atoms with Crippen molar-refractivity contribution in [2.75, 3.05) is 0 Å². The maximum Gasteiger partial charge on any atom is 0.177 e. The van der Waals surface area contributed by atoms with E-state index in [2.05, 4.69) is 11.2 Å². The molecule has 0 aliphatic heterocycles. The van der Waals surface area contributed by atoms with Gasteiger partial charge in [-0.05, 0) is 17.5 Å². The van der Waals surface area contributed by atoms with Crippen molar-refractivity contribution in [1.82, 2.24) is 5.16 Å². The number of nitrogens with zero attached hydrogens (tertiary/aromatic N) is 2. The van der Waals surface area contributed by atoms with Gasteiger partial charge in [-0.25, -0.2) is 0 Å². The molecule has 0 amide bonds. The largest absolute Gasteiger partial charge is 0.356 e. The van der Waals surface area contributed by atoms with Crippen molar-refractivity contribution in [3.8, 4) is 6.07 Å². The van der Waals surface area contributed by atoms with Gasteiger partial charge in [-0.3, -0.25) is 0 Å². The van der Waals surface area contributed by atoms with Crippen LogP contribution in [0, 0.1) is 11.3 Å². The van der Waals surface area contributed by atoms with Crippen LogP contribution in [0.25, 0.3) is 11.6 Å². The summed E-state index contributed by atoms with van der Waals surface area (Å²) in [7, 11) is 0. The van der Waals surface area contributed by atoms with Gasteiger partial charge in [-0.15, -0.1) is 11.3 Å². The molecule has 68 valence electrons. The van der Waals surface area contributed by atoms with E-state index in [0.717, 1.165) is 4.88 Å². The molecule has 2 heterocycles. The molecular formula is C10H6N2OS. The molecule has 3 nitrogen and oxygen atoms in total. The molecule has 0 spiro atoms. The van der Waals surface area contributed by atoms with Crippen molar-refractivity contribution in [3.05, 3.63) is 40.4 Å². The van der Waals surface area contributed by atoms with E-state index in [1.807, 2.05) is 17.5 Å². The zero-order chi connectivity index (χ0) is 9.80. The number of hydrogen-bond acceptors (Lipinski definition) is 4. The summed E-state index contributed by atoms with van der Waals surface area (Å²) in [6.45, 7) is 0. The van der Waals surface area contributed by atoms with Crippen LogP contribution >= 0.6 is 11.3 Å². The summed E-state index contributed by atoms with van der Waals surface area (Å²) < 4.78 is 4.90. The van der Waals surface area contributed by atoms with E-state index in [1.165, 1.54) is 6.20 Å². The third-order valence-corrected chi connectivity index (χ3v) is 2.47. The summed E-state index contributed by atoms with van der Waals surface area (Å²) in [4.78, 5) is 1.03. The molecule has 2 rings (SSSR count). The van der Waals surface area contributed by atoms with Crippen molar-refractivity contribution >= 4 is 23.0 Å². The molecule has 2 aromatic rings. The van der Waals surface area contributed by atoms with E-state index in [4.69, 9.17) is 9.78 Å². The molecule has 0 aliphatic rings. The summed E-state index contributed by atoms with van der Waals surface area (Å²) in [6, 6.07) is 7.63. The molecule has 0 aromatic carbocycles. The molecule has 0 saturated carbocycles. The first-order valence-electron chi connectivity index (χ1n) is 3.96. The van der Waals surface area contributed by atoms with Crippen molar-refractivity contribution in [2.45, 2.75) is 0 Å². The molecule has 0 saturated heterocycles. The van der Waals surface area contributed by atoms with Crippen molar-refractivity contribution < 1.29 is 4.52 Å². The predicted octanol–water partition coefficient (Wildman–Crippen LogP) is 2.80. The van der Waals surface area contributed by atoms with Gasteiger partial charge in [-0.2, -0.15) is 5.26 Å². The second kappa shape index (κ2) is 3.90. The van der Waals surface area contributed by atoms with Crippen molar-refractivity contribution in [1.29, 1.82) is 5.26 Å². The van der Waals surface area contributed by atoms with Gasteiger partial charge >= 0.3 is 0 Å². The third-order valence-electron chi connectivity index (χ3n) is 1.65. The van der Waals surface area contributed by atoms with Crippen LogP contribution in [-0.2, 0) is 0 Å². The smallest absolute Gasteiger partial charge is 0.177 e. The second-order valence-corrected chi connectivity index (χ2v) is 3.54. The van der Waals surface area contributed by atoms with Gasteiger partial charge in [0.15, 0.2) is 5.76 Å². The highest BCUT2D eigenvalue weighted by Crippen LogP contribution is 2.19. The Kier molecular flexibility index (Phi) is 2.43. The van der Waals surface area contributed by atoms with E-state index in [-0.39, 0.29) is 0 Å². The lowest BCUT2D eigenvalue weighted by Crippen LogP contribution is -1.75. The molecule has 2 aromatic heterocycles. The summed E-state index contributed by atoms with van der Waals surface area (Å²) in [5.41, 5.74) is 0.491. The number of rotatable bonds is 2. The zero-order valence-electron chi connectivity index (χ0n) is 7.18. The average Bonchev–Trinajstić information content (AvgIpc) is 2.86. The lowest BCUT2D eigenvalue weighted by Gasteiger charge is -1.89. The molecule has 0 aliphatic carbocycles. The Morgan fingerprint density at radius 3 is 3.07 bits per heavy atom. The fourth-order valence-electron chi connectivity index (χ4n) is 1.03. The Morgan fingerprint density at radius 2 is 2.50 bits per heavy atom. The van der Waals surface area contributed by atoms with Crippen LogP contribution in [0.1, 0.15) is 10.6 Å². The van der Waals surface area contributed by atoms with Gasteiger partial charge in [0, 0.05) is 10.9 Å². The van der Waals surface area contributed by atoms with E-state index < -0.39 is 0 Å². The van der Waals surface area contributed by atoms with Crippen molar-refractivity contribution in [3.63, 3.8) is 0 Å². The quantitative estimate of drug-likeness (QED) is 0.703. The van der Waals surface area contributed by atoms with Crippen LogP contribution in [0.15, 0.2) is 34.3 Å². The molecule has 14 heavy (non-hydrogen) atoms. The predicted molar refractivity (Wildman–Crippen MR) is 54.3 cm³/mol. The van der Waals surface area contributed by atoms with E-state index in [9.17, 15) is 0 Å². The third kappa shape index (κ3) is 1.73. The standard InChI is InChI=1S/C10H6N2OS/c11-7-8(10-3-4-12-13-10)6-9-2-1-5-14-9/h1-6H/b8-6+. The summed E-state index contributed by atoms with van der Waals surface area (Å²) in [5, 5.41) is 14.4. The molecular weight excluding hydrogens is 196 g/mol. The lowest BCUT2D eigenvalue weighted by atomic mass is 10.2. The van der Waals surface area contributed by atoms with Crippen LogP contribution in [0.5, 0.6) is 0 Å². The van der Waals surface area contributed by atoms with Gasteiger partial charge in [0.25, 0.3) is 0 Å². The average molecular weight is 202 g/mol. The van der Waals surface area contributed by atoms with E-state index >= 15 is 0 Å². The van der Waals surface area contributed by atoms with Gasteiger partial charge < -0.3 is 4.52 Å². The fraction of sp³-hybridized carbons (Fsp3) is 0. The number of nitriles is 1. The monoisotopic (exact) mass is 202 g/mol. The minimum absolute atomic E-state index is 0.491. The molecule has 0 N–H and O–H groups in total. The van der Waals surface area contributed by atoms with Gasteiger partial charge in [0.1, 0.15) is 6.07 Å². The minimum atomic E-state index is 0.491. The van der Waals surface area contributed by atoms with Crippen LogP contribution in [0.4, 0.5) is 0 Å². The first kappa shape index (κ1) is 8.73. The Hall–Kier alpha value is -1.86. The van der Waals surface area contributed by atoms with Crippen LogP contribution in [0.2, 0.25) is 0 Å². The summed E-state index contributed by atoms with van der Waals surface area (Å²) in [6.07, 6.45) is 3.31. The first-order chi connectivity index (χ1) is 6.90. The lowest BCUT2D eigenvalue weighted by molar-refractivity contribution is 0.411. The summed E-state index contributed by atoms with van der Waals surface area (Å²) >= 11 is 1.57. The Balaban J connectivity index is 2.37. The Bertz CT molecular complexity index is 463. The number of aromatic nitrogens is 1. The van der Waals surface area contributed by atoms with Gasteiger partial charge in [0.05, 0.1) is 11.8 Å². The normalized spacial score (nSPS) is 11.2. The second-order valence-electron chi connectivity index (χ2n) is 2.56. The molecule has 0 radical (unpaired) electrons. The number of thiophene rings is 1. The van der Waals surface area contributed by atoms with Crippen molar-refractivity contribution in [2.24, 2.45) is 0 Å². The van der Waals surface area contributed by atoms with Gasteiger partial charge in [-0.1, -0.05) is 11.2 Å². The fourth-order valence-corrected chi connectivity index (χ4v) is 1.69. The minimum Gasteiger partial charge on any atom is -0.356 e. The topological polar surface area (TPSA) is 49.8 Å². The number of allylic oxidation sites excluding steroid dienone is 1. The first-order valence-corrected chi connectivity index (χ1v) is 4.84. The number of hydrogen-bond donors (Lipinski definition) is 0. The maximum atomic E-state index is 8.90. The highest BCUT2D eigenvalue weighted by atomic mass is 32.1. The Labute approximate surface area is 84.9 Å². The summed E-state index contributed by atoms with van der Waals surface area (Å²) in [5.74, 6) is 0.501. The van der Waals surface area contributed by atoms with Crippen LogP contribution < -0.4 is 0 Å². The maximum absolute atomic E-state index is 8.90. The van der Waals surface area contributed by atoms with Crippen LogP contribution in [0.3, 0.4) is 0 Å². The molecule has 0 fully saturated rings. The molecule has 0 bridgehead atoms. The van der Waals surface area contributed by atoms with Gasteiger partial charge in [0.2, 0.25) is 0 Å². The highest BCUT2D eigenvalue weighted by molar-refractivity contribution is 7.10. The molecule has 0 unspecified atom stereocenters. The van der Waals surface area contributed by atoms with E-state index in [1.54, 1.807) is 23.5 Å². The zero-order valence-corrected chi connectivity index (χ0v) is 7.99. The molecule has 4 heteroatoms. The highest BCUT2D eigenvalue weighted by Gasteiger charge is 2.04. The van der Waals surface area contributed by atoms with Crippen LogP contribution in [-0.4, -0.2) is 5.16 Å². The SMILES string of the molecule is N#C/C(=C\c1cccs1)c1ccno1. The Morgan fingerprint density at radius 1 is 1.57 bits per heavy atom. The van der Waals surface area contributed by atoms with E-state index in [0.29, 0.717) is 11.3 Å².